The maximum absolute atomic E-state index is 9.71. The molecule has 2 N–H and O–H groups in total. The molecule has 4 rings (SSSR count). The standard InChI is InChI=1S/C20H17ClN4O/c1-12-17-18(13-5-3-2-4-6-13)16(11-22)19(23)26-20(17)25(24-12)15-9-7-14(21)8-10-15/h2-10,16,18-19H,23H2,1H3. The van der Waals surface area contributed by atoms with E-state index in [9.17, 15) is 5.26 Å². The van der Waals surface area contributed by atoms with Crippen molar-refractivity contribution in [3.05, 3.63) is 76.4 Å². The van der Waals surface area contributed by atoms with Crippen molar-refractivity contribution in [3.8, 4) is 17.6 Å². The van der Waals surface area contributed by atoms with Crippen molar-refractivity contribution in [3.63, 3.8) is 0 Å². The first-order chi connectivity index (χ1) is 12.6. The molecule has 130 valence electrons. The Balaban J connectivity index is 1.92. The van der Waals surface area contributed by atoms with Gasteiger partial charge in [0.15, 0.2) is 6.23 Å². The number of nitrogens with zero attached hydrogens (tertiary/aromatic N) is 3. The first-order valence-corrected chi connectivity index (χ1v) is 8.70. The van der Waals surface area contributed by atoms with Gasteiger partial charge in [0.2, 0.25) is 5.88 Å². The molecule has 0 bridgehead atoms. The number of fused-ring (bicyclic) bond motifs is 1. The quantitative estimate of drug-likeness (QED) is 0.750. The van der Waals surface area contributed by atoms with Crippen LogP contribution in [0.3, 0.4) is 0 Å². The van der Waals surface area contributed by atoms with Crippen molar-refractivity contribution < 1.29 is 4.74 Å². The van der Waals surface area contributed by atoms with E-state index in [4.69, 9.17) is 22.1 Å². The molecule has 0 saturated carbocycles. The Kier molecular flexibility index (Phi) is 4.15. The van der Waals surface area contributed by atoms with Crippen LogP contribution in [0, 0.1) is 24.2 Å². The van der Waals surface area contributed by atoms with Gasteiger partial charge in [-0.1, -0.05) is 41.9 Å². The van der Waals surface area contributed by atoms with Crippen LogP contribution in [-0.2, 0) is 0 Å². The van der Waals surface area contributed by atoms with Gasteiger partial charge in [-0.05, 0) is 36.8 Å². The van der Waals surface area contributed by atoms with Gasteiger partial charge < -0.3 is 4.74 Å². The summed E-state index contributed by atoms with van der Waals surface area (Å²) in [6, 6.07) is 19.6. The van der Waals surface area contributed by atoms with Crippen LogP contribution < -0.4 is 10.5 Å². The highest BCUT2D eigenvalue weighted by Crippen LogP contribution is 2.45. The monoisotopic (exact) mass is 364 g/mol. The van der Waals surface area contributed by atoms with Crippen LogP contribution in [0.1, 0.15) is 22.7 Å². The number of halogens is 1. The summed E-state index contributed by atoms with van der Waals surface area (Å²) < 4.78 is 7.67. The highest BCUT2D eigenvalue weighted by molar-refractivity contribution is 6.30. The van der Waals surface area contributed by atoms with Crippen molar-refractivity contribution in [2.24, 2.45) is 11.7 Å². The van der Waals surface area contributed by atoms with Gasteiger partial charge in [0.05, 0.1) is 17.5 Å². The molecule has 0 spiro atoms. The summed E-state index contributed by atoms with van der Waals surface area (Å²) in [6.45, 7) is 1.93. The zero-order valence-electron chi connectivity index (χ0n) is 14.1. The van der Waals surface area contributed by atoms with Gasteiger partial charge in [0, 0.05) is 16.5 Å². The number of aromatic nitrogens is 2. The molecule has 0 aliphatic carbocycles. The molecule has 3 aromatic rings. The van der Waals surface area contributed by atoms with Gasteiger partial charge in [-0.15, -0.1) is 0 Å². The van der Waals surface area contributed by atoms with Gasteiger partial charge >= 0.3 is 0 Å². The average Bonchev–Trinajstić information content (AvgIpc) is 2.98. The number of hydrogen-bond donors (Lipinski definition) is 1. The molecule has 0 saturated heterocycles. The van der Waals surface area contributed by atoms with Crippen molar-refractivity contribution in [1.29, 1.82) is 5.26 Å². The van der Waals surface area contributed by atoms with Gasteiger partial charge in [-0.3, -0.25) is 5.73 Å². The molecule has 1 aliphatic rings. The van der Waals surface area contributed by atoms with E-state index < -0.39 is 12.1 Å². The first-order valence-electron chi connectivity index (χ1n) is 8.32. The zero-order valence-corrected chi connectivity index (χ0v) is 14.9. The molecule has 0 amide bonds. The third-order valence-electron chi connectivity index (χ3n) is 4.71. The van der Waals surface area contributed by atoms with Gasteiger partial charge in [0.1, 0.15) is 5.92 Å². The number of nitriles is 1. The lowest BCUT2D eigenvalue weighted by atomic mass is 9.79. The van der Waals surface area contributed by atoms with E-state index in [0.717, 1.165) is 22.5 Å². The van der Waals surface area contributed by atoms with Crippen molar-refractivity contribution in [2.75, 3.05) is 0 Å². The third kappa shape index (κ3) is 2.64. The van der Waals surface area contributed by atoms with Gasteiger partial charge in [-0.25, -0.2) is 4.68 Å². The molecule has 1 aromatic heterocycles. The summed E-state index contributed by atoms with van der Waals surface area (Å²) in [5, 5.41) is 15.0. The third-order valence-corrected chi connectivity index (χ3v) is 4.97. The lowest BCUT2D eigenvalue weighted by Gasteiger charge is -2.33. The van der Waals surface area contributed by atoms with Crippen LogP contribution >= 0.6 is 11.6 Å². The second-order valence-corrected chi connectivity index (χ2v) is 6.75. The number of ether oxygens (including phenoxy) is 1. The Bertz CT molecular complexity index is 976. The molecule has 5 nitrogen and oxygen atoms in total. The van der Waals surface area contributed by atoms with E-state index in [1.165, 1.54) is 0 Å². The average molecular weight is 365 g/mol. The minimum atomic E-state index is -0.736. The molecule has 2 aromatic carbocycles. The number of hydrogen-bond acceptors (Lipinski definition) is 4. The minimum absolute atomic E-state index is 0.194. The van der Waals surface area contributed by atoms with Crippen LogP contribution in [0.15, 0.2) is 54.6 Å². The molecule has 3 unspecified atom stereocenters. The van der Waals surface area contributed by atoms with Crippen LogP contribution in [0.5, 0.6) is 5.88 Å². The SMILES string of the molecule is Cc1nn(-c2ccc(Cl)cc2)c2c1C(c1ccccc1)C(C#N)C(N)O2. The molecular formula is C20H17ClN4O. The van der Waals surface area contributed by atoms with Crippen LogP contribution in [0.2, 0.25) is 5.02 Å². The highest BCUT2D eigenvalue weighted by atomic mass is 35.5. The molecule has 1 aliphatic heterocycles. The lowest BCUT2D eigenvalue weighted by molar-refractivity contribution is 0.125. The fourth-order valence-electron chi connectivity index (χ4n) is 3.50. The van der Waals surface area contributed by atoms with Crippen molar-refractivity contribution in [1.82, 2.24) is 9.78 Å². The molecule has 3 atom stereocenters. The van der Waals surface area contributed by atoms with E-state index in [-0.39, 0.29) is 5.92 Å². The van der Waals surface area contributed by atoms with Crippen LogP contribution in [0.25, 0.3) is 5.69 Å². The molecule has 0 fully saturated rings. The van der Waals surface area contributed by atoms with E-state index in [0.29, 0.717) is 10.9 Å². The van der Waals surface area contributed by atoms with Crippen molar-refractivity contribution in [2.45, 2.75) is 19.1 Å². The Morgan fingerprint density at radius 3 is 2.50 bits per heavy atom. The minimum Gasteiger partial charge on any atom is -0.457 e. The normalized spacial score (nSPS) is 21.5. The summed E-state index contributed by atoms with van der Waals surface area (Å²) >= 11 is 6.00. The zero-order chi connectivity index (χ0) is 18.3. The smallest absolute Gasteiger partial charge is 0.222 e. The second-order valence-electron chi connectivity index (χ2n) is 6.32. The second kappa shape index (κ2) is 6.49. The van der Waals surface area contributed by atoms with Gasteiger partial charge in [0.25, 0.3) is 0 Å². The number of nitrogens with two attached hydrogens (primary N) is 1. The summed E-state index contributed by atoms with van der Waals surface area (Å²) in [6.07, 6.45) is -0.736. The summed E-state index contributed by atoms with van der Waals surface area (Å²) in [4.78, 5) is 0. The van der Waals surface area contributed by atoms with E-state index in [2.05, 4.69) is 11.2 Å². The van der Waals surface area contributed by atoms with Crippen molar-refractivity contribution >= 4 is 11.6 Å². The van der Waals surface area contributed by atoms with Crippen LogP contribution in [-0.4, -0.2) is 16.0 Å². The summed E-state index contributed by atoms with van der Waals surface area (Å²) in [5.74, 6) is -0.106. The predicted octanol–water partition coefficient (Wildman–Crippen LogP) is 3.78. The molecule has 26 heavy (non-hydrogen) atoms. The van der Waals surface area contributed by atoms with Gasteiger partial charge in [-0.2, -0.15) is 10.4 Å². The Hall–Kier alpha value is -2.81. The van der Waals surface area contributed by atoms with E-state index in [1.54, 1.807) is 16.8 Å². The van der Waals surface area contributed by atoms with E-state index >= 15 is 0 Å². The highest BCUT2D eigenvalue weighted by Gasteiger charge is 2.41. The number of aryl methyl sites for hydroxylation is 1. The molecule has 2 heterocycles. The topological polar surface area (TPSA) is 76.9 Å². The number of benzene rings is 2. The Morgan fingerprint density at radius 1 is 1.15 bits per heavy atom. The maximum atomic E-state index is 9.71. The molecule has 6 heteroatoms. The fraction of sp³-hybridized carbons (Fsp3) is 0.200. The summed E-state index contributed by atoms with van der Waals surface area (Å²) in [7, 11) is 0. The fourth-order valence-corrected chi connectivity index (χ4v) is 3.63. The largest absolute Gasteiger partial charge is 0.457 e. The maximum Gasteiger partial charge on any atom is 0.222 e. The molecule has 0 radical (unpaired) electrons. The lowest BCUT2D eigenvalue weighted by Crippen LogP contribution is -2.42. The Morgan fingerprint density at radius 2 is 1.85 bits per heavy atom. The number of rotatable bonds is 2. The van der Waals surface area contributed by atoms with Crippen LogP contribution in [0.4, 0.5) is 0 Å². The predicted molar refractivity (Wildman–Crippen MR) is 99.3 cm³/mol. The molecular weight excluding hydrogens is 348 g/mol. The summed E-state index contributed by atoms with van der Waals surface area (Å²) in [5.41, 5.74) is 9.78. The first kappa shape index (κ1) is 16.6. The van der Waals surface area contributed by atoms with E-state index in [1.807, 2.05) is 49.4 Å². The Labute approximate surface area is 156 Å².